The first-order chi connectivity index (χ1) is 13.0. The van der Waals surface area contributed by atoms with Crippen LogP contribution in [0.3, 0.4) is 0 Å². The van der Waals surface area contributed by atoms with Gasteiger partial charge in [-0.15, -0.1) is 17.9 Å². The summed E-state index contributed by atoms with van der Waals surface area (Å²) in [7, 11) is 0. The molecule has 4 aromatic rings. The van der Waals surface area contributed by atoms with Gasteiger partial charge in [-0.1, -0.05) is 23.9 Å². The second-order valence-electron chi connectivity index (χ2n) is 6.51. The summed E-state index contributed by atoms with van der Waals surface area (Å²) in [6.45, 7) is 10.3. The van der Waals surface area contributed by atoms with Gasteiger partial charge < -0.3 is 4.40 Å². The Morgan fingerprint density at radius 2 is 2.11 bits per heavy atom. The molecule has 0 aliphatic carbocycles. The summed E-state index contributed by atoms with van der Waals surface area (Å²) in [6, 6.07) is 4.07. The number of thioether (sulfide) groups is 1. The van der Waals surface area contributed by atoms with Crippen LogP contribution in [0.2, 0.25) is 0 Å². The van der Waals surface area contributed by atoms with Gasteiger partial charge in [-0.2, -0.15) is 0 Å². The standard InChI is InChI=1S/C20H20N4OS2/c1-5-8-24-19(25)16-13(3)14(4)27-18(16)22-20(24)26-11-15-10-23-9-6-7-12(2)17(23)21-15/h5-7,9-10H,1,8,11H2,2-4H3. The molecule has 5 nitrogen and oxygen atoms in total. The number of fused-ring (bicyclic) bond motifs is 2. The number of hydrogen-bond acceptors (Lipinski definition) is 5. The number of aromatic nitrogens is 4. The van der Waals surface area contributed by atoms with Crippen LogP contribution in [0, 0.1) is 20.8 Å². The summed E-state index contributed by atoms with van der Waals surface area (Å²) in [6.07, 6.45) is 5.77. The van der Waals surface area contributed by atoms with Gasteiger partial charge in [0.05, 0.1) is 11.1 Å². The highest BCUT2D eigenvalue weighted by molar-refractivity contribution is 7.98. The molecule has 0 aliphatic heterocycles. The average Bonchev–Trinajstić information content (AvgIpc) is 3.18. The highest BCUT2D eigenvalue weighted by Gasteiger charge is 2.16. The fraction of sp³-hybridized carbons (Fsp3) is 0.250. The molecular weight excluding hydrogens is 376 g/mol. The van der Waals surface area contributed by atoms with Crippen molar-refractivity contribution in [3.8, 4) is 0 Å². The lowest BCUT2D eigenvalue weighted by molar-refractivity contribution is 0.672. The number of nitrogens with zero attached hydrogens (tertiary/aromatic N) is 4. The van der Waals surface area contributed by atoms with E-state index in [9.17, 15) is 4.79 Å². The fourth-order valence-electron chi connectivity index (χ4n) is 3.12. The first kappa shape index (κ1) is 18.0. The Morgan fingerprint density at radius 1 is 1.30 bits per heavy atom. The van der Waals surface area contributed by atoms with Gasteiger partial charge in [0.15, 0.2) is 5.16 Å². The zero-order valence-electron chi connectivity index (χ0n) is 15.5. The molecule has 0 fully saturated rings. The summed E-state index contributed by atoms with van der Waals surface area (Å²) in [5, 5.41) is 1.44. The van der Waals surface area contributed by atoms with Crippen molar-refractivity contribution in [2.24, 2.45) is 0 Å². The summed E-state index contributed by atoms with van der Waals surface area (Å²) in [5.74, 6) is 0.652. The van der Waals surface area contributed by atoms with E-state index in [1.807, 2.05) is 36.7 Å². The highest BCUT2D eigenvalue weighted by atomic mass is 32.2. The van der Waals surface area contributed by atoms with Crippen molar-refractivity contribution in [2.45, 2.75) is 38.2 Å². The van der Waals surface area contributed by atoms with Gasteiger partial charge >= 0.3 is 0 Å². The first-order valence-corrected chi connectivity index (χ1v) is 10.5. The Labute approximate surface area is 165 Å². The van der Waals surface area contributed by atoms with E-state index in [1.54, 1.807) is 33.7 Å². The molecule has 0 saturated carbocycles. The molecule has 4 aromatic heterocycles. The van der Waals surface area contributed by atoms with Gasteiger partial charge in [0.1, 0.15) is 10.5 Å². The van der Waals surface area contributed by atoms with Crippen LogP contribution in [0.4, 0.5) is 0 Å². The number of allylic oxidation sites excluding steroid dienone is 1. The lowest BCUT2D eigenvalue weighted by atomic mass is 10.2. The van der Waals surface area contributed by atoms with Crippen LogP contribution in [0.5, 0.6) is 0 Å². The summed E-state index contributed by atoms with van der Waals surface area (Å²) in [5.41, 5.74) is 4.10. The maximum Gasteiger partial charge on any atom is 0.263 e. The lowest BCUT2D eigenvalue weighted by Gasteiger charge is -2.09. The molecule has 27 heavy (non-hydrogen) atoms. The third-order valence-corrected chi connectivity index (χ3v) is 6.75. The van der Waals surface area contributed by atoms with Crippen molar-refractivity contribution in [1.29, 1.82) is 0 Å². The third kappa shape index (κ3) is 3.11. The normalized spacial score (nSPS) is 11.5. The Morgan fingerprint density at radius 3 is 2.85 bits per heavy atom. The van der Waals surface area contributed by atoms with Crippen molar-refractivity contribution in [3.63, 3.8) is 0 Å². The lowest BCUT2D eigenvalue weighted by Crippen LogP contribution is -2.22. The van der Waals surface area contributed by atoms with Crippen molar-refractivity contribution < 1.29 is 0 Å². The molecule has 0 bridgehead atoms. The Balaban J connectivity index is 1.73. The van der Waals surface area contributed by atoms with Crippen molar-refractivity contribution in [2.75, 3.05) is 0 Å². The van der Waals surface area contributed by atoms with E-state index in [0.717, 1.165) is 37.6 Å². The monoisotopic (exact) mass is 396 g/mol. The van der Waals surface area contributed by atoms with Crippen LogP contribution < -0.4 is 5.56 Å². The van der Waals surface area contributed by atoms with E-state index >= 15 is 0 Å². The molecule has 0 aliphatic rings. The van der Waals surface area contributed by atoms with Gasteiger partial charge in [-0.25, -0.2) is 9.97 Å². The minimum absolute atomic E-state index is 0.00935. The Kier molecular flexibility index (Phi) is 4.65. The van der Waals surface area contributed by atoms with Gasteiger partial charge in [-0.3, -0.25) is 9.36 Å². The predicted octanol–water partition coefficient (Wildman–Crippen LogP) is 4.51. The van der Waals surface area contributed by atoms with Gasteiger partial charge in [0.2, 0.25) is 0 Å². The van der Waals surface area contributed by atoms with Crippen molar-refractivity contribution in [3.05, 3.63) is 69.2 Å². The summed E-state index contributed by atoms with van der Waals surface area (Å²) < 4.78 is 3.74. The van der Waals surface area contributed by atoms with Gasteiger partial charge in [0.25, 0.3) is 5.56 Å². The minimum atomic E-state index is 0.00935. The second kappa shape index (κ2) is 6.98. The molecule has 0 aromatic carbocycles. The number of thiophene rings is 1. The maximum atomic E-state index is 13.0. The molecule has 7 heteroatoms. The quantitative estimate of drug-likeness (QED) is 0.283. The molecule has 138 valence electrons. The summed E-state index contributed by atoms with van der Waals surface area (Å²) >= 11 is 3.12. The molecular formula is C20H20N4OS2. The number of hydrogen-bond donors (Lipinski definition) is 0. The van der Waals surface area contributed by atoms with Crippen LogP contribution in [-0.2, 0) is 12.3 Å². The van der Waals surface area contributed by atoms with Crippen LogP contribution in [0.1, 0.15) is 21.7 Å². The third-order valence-electron chi connectivity index (χ3n) is 4.64. The van der Waals surface area contributed by atoms with Crippen molar-refractivity contribution >= 4 is 39.0 Å². The first-order valence-electron chi connectivity index (χ1n) is 8.67. The molecule has 4 heterocycles. The molecule has 0 N–H and O–H groups in total. The van der Waals surface area contributed by atoms with E-state index in [2.05, 4.69) is 19.6 Å². The number of rotatable bonds is 5. The molecule has 0 amide bonds. The Hall–Kier alpha value is -2.38. The smallest absolute Gasteiger partial charge is 0.263 e. The van der Waals surface area contributed by atoms with E-state index in [0.29, 0.717) is 17.5 Å². The minimum Gasteiger partial charge on any atom is -0.307 e. The predicted molar refractivity (Wildman–Crippen MR) is 113 cm³/mol. The maximum absolute atomic E-state index is 13.0. The average molecular weight is 397 g/mol. The molecule has 4 rings (SSSR count). The largest absolute Gasteiger partial charge is 0.307 e. The molecule has 0 spiro atoms. The van der Waals surface area contributed by atoms with Crippen LogP contribution in [0.25, 0.3) is 15.9 Å². The summed E-state index contributed by atoms with van der Waals surface area (Å²) in [4.78, 5) is 24.5. The topological polar surface area (TPSA) is 52.2 Å². The molecule has 0 atom stereocenters. The van der Waals surface area contributed by atoms with Crippen LogP contribution in [-0.4, -0.2) is 18.9 Å². The molecule has 0 saturated heterocycles. The SMILES string of the molecule is C=CCn1c(SCc2cn3cccc(C)c3n2)nc2sc(C)c(C)c2c1=O. The zero-order valence-corrected chi connectivity index (χ0v) is 17.2. The zero-order chi connectivity index (χ0) is 19.1. The fourth-order valence-corrected chi connectivity index (χ4v) is 5.08. The Bertz CT molecular complexity index is 1230. The second-order valence-corrected chi connectivity index (χ2v) is 8.65. The van der Waals surface area contributed by atoms with Gasteiger partial charge in [0, 0.05) is 29.6 Å². The van der Waals surface area contributed by atoms with E-state index in [1.165, 1.54) is 0 Å². The van der Waals surface area contributed by atoms with E-state index in [-0.39, 0.29) is 5.56 Å². The number of aryl methyl sites for hydroxylation is 3. The highest BCUT2D eigenvalue weighted by Crippen LogP contribution is 2.29. The van der Waals surface area contributed by atoms with E-state index in [4.69, 9.17) is 9.97 Å². The van der Waals surface area contributed by atoms with Crippen LogP contribution >= 0.6 is 23.1 Å². The molecule has 0 radical (unpaired) electrons. The van der Waals surface area contributed by atoms with E-state index < -0.39 is 0 Å². The van der Waals surface area contributed by atoms with Crippen molar-refractivity contribution in [1.82, 2.24) is 18.9 Å². The number of imidazole rings is 1. The number of pyridine rings is 1. The molecule has 0 unspecified atom stereocenters. The van der Waals surface area contributed by atoms with Crippen LogP contribution in [0.15, 0.2) is 47.1 Å². The van der Waals surface area contributed by atoms with Gasteiger partial charge in [-0.05, 0) is 38.0 Å².